The van der Waals surface area contributed by atoms with Gasteiger partial charge in [-0.1, -0.05) is 12.1 Å². The minimum atomic E-state index is -0.478. The Labute approximate surface area is 141 Å². The van der Waals surface area contributed by atoms with Crippen LogP contribution in [0.3, 0.4) is 0 Å². The average Bonchev–Trinajstić information content (AvgIpc) is 2.59. The van der Waals surface area contributed by atoms with Crippen LogP contribution in [0.2, 0.25) is 0 Å². The van der Waals surface area contributed by atoms with Crippen LogP contribution >= 0.6 is 11.6 Å². The number of halogens is 1. The first-order valence-corrected chi connectivity index (χ1v) is 7.59. The number of hydrogen-bond acceptors (Lipinski definition) is 5. The predicted molar refractivity (Wildman–Crippen MR) is 89.5 cm³/mol. The molecule has 0 spiro atoms. The van der Waals surface area contributed by atoms with Crippen molar-refractivity contribution in [3.8, 4) is 5.75 Å². The van der Waals surface area contributed by atoms with Gasteiger partial charge in [-0.05, 0) is 23.3 Å². The highest BCUT2D eigenvalue weighted by atomic mass is 35.5. The molecule has 0 aliphatic heterocycles. The summed E-state index contributed by atoms with van der Waals surface area (Å²) in [5, 5.41) is 11.5. The van der Waals surface area contributed by atoms with Gasteiger partial charge in [-0.2, -0.15) is 0 Å². The molecule has 122 valence electrons. The molecule has 0 unspecified atom stereocenters. The summed E-state index contributed by atoms with van der Waals surface area (Å²) in [6, 6.07) is 12.7. The number of ether oxygens (including phenoxy) is 1. The van der Waals surface area contributed by atoms with E-state index in [1.165, 1.54) is 18.2 Å². The van der Waals surface area contributed by atoms with Gasteiger partial charge in [-0.3, -0.25) is 10.1 Å². The highest BCUT2D eigenvalue weighted by Gasteiger charge is 2.08. The lowest BCUT2D eigenvalue weighted by atomic mass is 10.1. The fourth-order valence-electron chi connectivity index (χ4n) is 2.34. The van der Waals surface area contributed by atoms with E-state index in [9.17, 15) is 14.9 Å². The summed E-state index contributed by atoms with van der Waals surface area (Å²) < 4.78 is 10.8. The molecule has 2 aromatic carbocycles. The number of nitro benzene ring substituents is 1. The third kappa shape index (κ3) is 3.38. The fourth-order valence-corrected chi connectivity index (χ4v) is 2.56. The SMILES string of the molecule is O=c1cc(CCl)c2ccc(OCc3cccc([N+](=O)[O-])c3)cc2o1. The Bertz CT molecular complexity index is 967. The summed E-state index contributed by atoms with van der Waals surface area (Å²) in [7, 11) is 0. The number of hydrogen-bond donors (Lipinski definition) is 0. The number of nitrogens with zero attached hydrogens (tertiary/aromatic N) is 1. The topological polar surface area (TPSA) is 82.6 Å². The van der Waals surface area contributed by atoms with Crippen molar-refractivity contribution in [2.75, 3.05) is 0 Å². The Morgan fingerprint density at radius 1 is 1.17 bits per heavy atom. The first-order chi connectivity index (χ1) is 11.6. The van der Waals surface area contributed by atoms with E-state index in [0.717, 1.165) is 5.39 Å². The van der Waals surface area contributed by atoms with Crippen LogP contribution in [0.15, 0.2) is 57.7 Å². The van der Waals surface area contributed by atoms with E-state index in [-0.39, 0.29) is 18.2 Å². The van der Waals surface area contributed by atoms with Crippen LogP contribution in [0.25, 0.3) is 11.0 Å². The maximum atomic E-state index is 11.5. The smallest absolute Gasteiger partial charge is 0.336 e. The van der Waals surface area contributed by atoms with E-state index in [4.69, 9.17) is 20.8 Å². The van der Waals surface area contributed by atoms with Crippen molar-refractivity contribution in [2.45, 2.75) is 12.5 Å². The number of benzene rings is 2. The Balaban J connectivity index is 1.84. The van der Waals surface area contributed by atoms with Crippen LogP contribution in [0.5, 0.6) is 5.75 Å². The van der Waals surface area contributed by atoms with Crippen LogP contribution in [-0.2, 0) is 12.5 Å². The van der Waals surface area contributed by atoms with Crippen molar-refractivity contribution >= 4 is 28.3 Å². The van der Waals surface area contributed by atoms with E-state index in [0.29, 0.717) is 22.5 Å². The number of alkyl halides is 1. The zero-order valence-electron chi connectivity index (χ0n) is 12.4. The summed E-state index contributed by atoms with van der Waals surface area (Å²) in [5.74, 6) is 0.694. The van der Waals surface area contributed by atoms with Crippen molar-refractivity contribution < 1.29 is 14.1 Å². The van der Waals surface area contributed by atoms with E-state index < -0.39 is 10.5 Å². The molecular weight excluding hydrogens is 334 g/mol. The summed E-state index contributed by atoms with van der Waals surface area (Å²) >= 11 is 5.83. The quantitative estimate of drug-likeness (QED) is 0.302. The number of rotatable bonds is 5. The Hall–Kier alpha value is -2.86. The molecule has 1 aromatic heterocycles. The van der Waals surface area contributed by atoms with Gasteiger partial charge in [-0.15, -0.1) is 11.6 Å². The van der Waals surface area contributed by atoms with E-state index >= 15 is 0 Å². The Kier molecular flexibility index (Phi) is 4.48. The molecule has 0 aliphatic rings. The molecule has 0 fully saturated rings. The molecule has 1 heterocycles. The highest BCUT2D eigenvalue weighted by Crippen LogP contribution is 2.24. The van der Waals surface area contributed by atoms with Gasteiger partial charge in [0, 0.05) is 35.5 Å². The molecule has 3 aromatic rings. The third-order valence-electron chi connectivity index (χ3n) is 3.47. The minimum absolute atomic E-state index is 0.00682. The maximum absolute atomic E-state index is 11.5. The Morgan fingerprint density at radius 3 is 2.75 bits per heavy atom. The molecule has 3 rings (SSSR count). The molecule has 0 radical (unpaired) electrons. The van der Waals surface area contributed by atoms with Crippen LogP contribution < -0.4 is 10.4 Å². The van der Waals surface area contributed by atoms with Crippen LogP contribution in [0, 0.1) is 10.1 Å². The van der Waals surface area contributed by atoms with Gasteiger partial charge in [0.2, 0.25) is 0 Å². The maximum Gasteiger partial charge on any atom is 0.336 e. The lowest BCUT2D eigenvalue weighted by molar-refractivity contribution is -0.384. The average molecular weight is 346 g/mol. The number of fused-ring (bicyclic) bond motifs is 1. The first kappa shape index (κ1) is 16.0. The van der Waals surface area contributed by atoms with Gasteiger partial charge < -0.3 is 9.15 Å². The van der Waals surface area contributed by atoms with Crippen molar-refractivity contribution in [2.24, 2.45) is 0 Å². The molecule has 24 heavy (non-hydrogen) atoms. The van der Waals surface area contributed by atoms with Gasteiger partial charge in [0.05, 0.1) is 4.92 Å². The van der Waals surface area contributed by atoms with Crippen molar-refractivity contribution in [1.29, 1.82) is 0 Å². The lowest BCUT2D eigenvalue weighted by Gasteiger charge is -2.08. The van der Waals surface area contributed by atoms with Crippen LogP contribution in [0.1, 0.15) is 11.1 Å². The van der Waals surface area contributed by atoms with Crippen molar-refractivity contribution in [3.05, 3.63) is 80.2 Å². The molecule has 0 N–H and O–H groups in total. The molecule has 0 atom stereocenters. The second kappa shape index (κ2) is 6.72. The van der Waals surface area contributed by atoms with Gasteiger partial charge in [0.25, 0.3) is 5.69 Å². The summed E-state index contributed by atoms with van der Waals surface area (Å²) in [5.41, 5.74) is 1.27. The van der Waals surface area contributed by atoms with Gasteiger partial charge >= 0.3 is 5.63 Å². The zero-order chi connectivity index (χ0) is 17.1. The molecule has 7 heteroatoms. The molecule has 6 nitrogen and oxygen atoms in total. The zero-order valence-corrected chi connectivity index (χ0v) is 13.2. The Morgan fingerprint density at radius 2 is 2.00 bits per heavy atom. The lowest BCUT2D eigenvalue weighted by Crippen LogP contribution is -2.00. The number of non-ortho nitro benzene ring substituents is 1. The third-order valence-corrected chi connectivity index (χ3v) is 3.76. The van der Waals surface area contributed by atoms with Crippen LogP contribution in [0.4, 0.5) is 5.69 Å². The van der Waals surface area contributed by atoms with E-state index in [2.05, 4.69) is 0 Å². The standard InChI is InChI=1S/C17H12ClNO5/c18-9-12-7-17(20)24-16-8-14(4-5-15(12)16)23-10-11-2-1-3-13(6-11)19(21)22/h1-8H,9-10H2. The number of nitro groups is 1. The first-order valence-electron chi connectivity index (χ1n) is 7.06. The molecule has 0 aliphatic carbocycles. The van der Waals surface area contributed by atoms with Gasteiger partial charge in [0.15, 0.2) is 0 Å². The molecular formula is C17H12ClNO5. The predicted octanol–water partition coefficient (Wildman–Crippen LogP) is 4.02. The second-order valence-corrected chi connectivity index (χ2v) is 5.37. The molecule has 0 saturated carbocycles. The van der Waals surface area contributed by atoms with E-state index in [1.54, 1.807) is 30.3 Å². The largest absolute Gasteiger partial charge is 0.489 e. The van der Waals surface area contributed by atoms with Crippen molar-refractivity contribution in [3.63, 3.8) is 0 Å². The van der Waals surface area contributed by atoms with Crippen LogP contribution in [-0.4, -0.2) is 4.92 Å². The summed E-state index contributed by atoms with van der Waals surface area (Å²) in [4.78, 5) is 21.8. The van der Waals surface area contributed by atoms with Gasteiger partial charge in [0.1, 0.15) is 17.9 Å². The molecule has 0 bridgehead atoms. The van der Waals surface area contributed by atoms with E-state index in [1.807, 2.05) is 0 Å². The minimum Gasteiger partial charge on any atom is -0.489 e. The van der Waals surface area contributed by atoms with Gasteiger partial charge in [-0.25, -0.2) is 4.79 Å². The summed E-state index contributed by atoms with van der Waals surface area (Å²) in [6.07, 6.45) is 0. The van der Waals surface area contributed by atoms with Crippen molar-refractivity contribution in [1.82, 2.24) is 0 Å². The second-order valence-electron chi connectivity index (χ2n) is 5.10. The monoisotopic (exact) mass is 345 g/mol. The molecule has 0 amide bonds. The highest BCUT2D eigenvalue weighted by molar-refractivity contribution is 6.17. The fraction of sp³-hybridized carbons (Fsp3) is 0.118. The summed E-state index contributed by atoms with van der Waals surface area (Å²) in [6.45, 7) is 0.159. The normalized spacial score (nSPS) is 10.7. The molecule has 0 saturated heterocycles.